The molecule has 2 nitrogen and oxygen atoms in total. The first-order chi connectivity index (χ1) is 6.70. The number of halogens is 1. The van der Waals surface area contributed by atoms with Crippen LogP contribution in [0.3, 0.4) is 0 Å². The minimum Gasteiger partial charge on any atom is -0.294 e. The number of ketones is 1. The third-order valence-corrected chi connectivity index (χ3v) is 2.40. The van der Waals surface area contributed by atoms with Crippen LogP contribution in [0.1, 0.15) is 17.3 Å². The van der Waals surface area contributed by atoms with E-state index in [1.165, 1.54) is 6.92 Å². The van der Waals surface area contributed by atoms with E-state index in [1.807, 2.05) is 6.07 Å². The second-order valence-electron chi connectivity index (χ2n) is 3.05. The first-order valence-electron chi connectivity index (χ1n) is 4.24. The monoisotopic (exact) mass is 205 g/mol. The van der Waals surface area contributed by atoms with E-state index < -0.39 is 0 Å². The van der Waals surface area contributed by atoms with Gasteiger partial charge in [-0.25, -0.2) is 0 Å². The predicted octanol–water partition coefficient (Wildman–Crippen LogP) is 3.09. The summed E-state index contributed by atoms with van der Waals surface area (Å²) in [4.78, 5) is 15.4. The van der Waals surface area contributed by atoms with Crippen LogP contribution in [0.4, 0.5) is 0 Å². The van der Waals surface area contributed by atoms with Crippen LogP contribution in [0.5, 0.6) is 0 Å². The van der Waals surface area contributed by atoms with Crippen molar-refractivity contribution in [1.29, 1.82) is 0 Å². The number of aromatic nitrogens is 1. The smallest absolute Gasteiger partial charge is 0.160 e. The maximum absolute atomic E-state index is 11.3. The minimum absolute atomic E-state index is 0.0275. The Kier molecular flexibility index (Phi) is 2.22. The summed E-state index contributed by atoms with van der Waals surface area (Å²) in [5.74, 6) is 0.0275. The Morgan fingerprint density at radius 2 is 2.14 bits per heavy atom. The molecule has 70 valence electrons. The molecule has 1 aromatic carbocycles. The minimum atomic E-state index is 0.0275. The number of fused-ring (bicyclic) bond motifs is 1. The molecule has 0 aliphatic rings. The molecule has 0 fully saturated rings. The van der Waals surface area contributed by atoms with Gasteiger partial charge in [0, 0.05) is 17.1 Å². The molecule has 0 aliphatic heterocycles. The second kappa shape index (κ2) is 3.39. The van der Waals surface area contributed by atoms with Gasteiger partial charge < -0.3 is 0 Å². The van der Waals surface area contributed by atoms with E-state index in [4.69, 9.17) is 11.6 Å². The van der Waals surface area contributed by atoms with Crippen LogP contribution in [-0.4, -0.2) is 10.8 Å². The van der Waals surface area contributed by atoms with Gasteiger partial charge in [0.2, 0.25) is 0 Å². The van der Waals surface area contributed by atoms with Crippen LogP contribution in [-0.2, 0) is 0 Å². The van der Waals surface area contributed by atoms with Crippen molar-refractivity contribution >= 4 is 28.3 Å². The van der Waals surface area contributed by atoms with Crippen molar-refractivity contribution in [1.82, 2.24) is 4.98 Å². The molecule has 0 saturated heterocycles. The molecule has 0 radical (unpaired) electrons. The normalized spacial score (nSPS) is 10.4. The highest BCUT2D eigenvalue weighted by Gasteiger charge is 2.07. The number of carbonyl (C=O) groups is 1. The predicted molar refractivity (Wildman–Crippen MR) is 56.8 cm³/mol. The Morgan fingerprint density at radius 3 is 2.86 bits per heavy atom. The molecule has 0 spiro atoms. The molecule has 0 N–H and O–H groups in total. The number of pyridine rings is 1. The van der Waals surface area contributed by atoms with Gasteiger partial charge >= 0.3 is 0 Å². The molecule has 1 aromatic heterocycles. The molecule has 0 atom stereocenters. The number of hydrogen-bond donors (Lipinski definition) is 0. The maximum Gasteiger partial charge on any atom is 0.160 e. The maximum atomic E-state index is 11.3. The molecule has 3 heteroatoms. The summed E-state index contributed by atoms with van der Waals surface area (Å²) in [7, 11) is 0. The van der Waals surface area contributed by atoms with Gasteiger partial charge in [-0.1, -0.05) is 17.7 Å². The van der Waals surface area contributed by atoms with Crippen molar-refractivity contribution in [2.45, 2.75) is 6.92 Å². The van der Waals surface area contributed by atoms with Gasteiger partial charge in [-0.2, -0.15) is 0 Å². The van der Waals surface area contributed by atoms with E-state index in [1.54, 1.807) is 24.4 Å². The van der Waals surface area contributed by atoms with E-state index in [2.05, 4.69) is 4.98 Å². The zero-order valence-corrected chi connectivity index (χ0v) is 8.38. The molecular weight excluding hydrogens is 198 g/mol. The molecule has 0 amide bonds. The highest BCUT2D eigenvalue weighted by atomic mass is 35.5. The van der Waals surface area contributed by atoms with Crippen LogP contribution in [0.2, 0.25) is 5.02 Å². The van der Waals surface area contributed by atoms with Gasteiger partial charge in [0.25, 0.3) is 0 Å². The van der Waals surface area contributed by atoms with Gasteiger partial charge in [0.15, 0.2) is 5.78 Å². The average molecular weight is 206 g/mol. The fraction of sp³-hybridized carbons (Fsp3) is 0.0909. The van der Waals surface area contributed by atoms with Crippen LogP contribution in [0, 0.1) is 0 Å². The SMILES string of the molecule is CC(=O)c1ccc(Cl)c2ncccc12. The van der Waals surface area contributed by atoms with Crippen molar-refractivity contribution in [2.24, 2.45) is 0 Å². The summed E-state index contributed by atoms with van der Waals surface area (Å²) in [5, 5.41) is 1.39. The summed E-state index contributed by atoms with van der Waals surface area (Å²) >= 11 is 5.96. The Balaban J connectivity index is 2.88. The molecular formula is C11H8ClNO. The molecule has 2 aromatic rings. The number of carbonyl (C=O) groups excluding carboxylic acids is 1. The van der Waals surface area contributed by atoms with E-state index in [0.29, 0.717) is 16.1 Å². The second-order valence-corrected chi connectivity index (χ2v) is 3.46. The molecule has 0 aliphatic carbocycles. The zero-order valence-electron chi connectivity index (χ0n) is 7.62. The lowest BCUT2D eigenvalue weighted by Gasteiger charge is -2.03. The van der Waals surface area contributed by atoms with Crippen molar-refractivity contribution in [3.05, 3.63) is 41.0 Å². The number of benzene rings is 1. The lowest BCUT2D eigenvalue weighted by Crippen LogP contribution is -1.94. The van der Waals surface area contributed by atoms with E-state index in [9.17, 15) is 4.79 Å². The van der Waals surface area contributed by atoms with Gasteiger partial charge in [0.1, 0.15) is 0 Å². The number of rotatable bonds is 1. The Morgan fingerprint density at radius 1 is 1.36 bits per heavy atom. The summed E-state index contributed by atoms with van der Waals surface area (Å²) in [5.41, 5.74) is 1.35. The molecule has 0 unspecified atom stereocenters. The van der Waals surface area contributed by atoms with Crippen molar-refractivity contribution < 1.29 is 4.79 Å². The van der Waals surface area contributed by atoms with Gasteiger partial charge in [-0.3, -0.25) is 9.78 Å². The summed E-state index contributed by atoms with van der Waals surface area (Å²) in [6.07, 6.45) is 1.66. The van der Waals surface area contributed by atoms with E-state index in [-0.39, 0.29) is 5.78 Å². The molecule has 1 heterocycles. The Labute approximate surface area is 86.5 Å². The number of nitrogens with zero attached hydrogens (tertiary/aromatic N) is 1. The van der Waals surface area contributed by atoms with E-state index in [0.717, 1.165) is 5.39 Å². The third kappa shape index (κ3) is 1.38. The first kappa shape index (κ1) is 9.16. The van der Waals surface area contributed by atoms with Crippen LogP contribution < -0.4 is 0 Å². The first-order valence-corrected chi connectivity index (χ1v) is 4.62. The van der Waals surface area contributed by atoms with Crippen molar-refractivity contribution in [3.8, 4) is 0 Å². The Hall–Kier alpha value is -1.41. The summed E-state index contributed by atoms with van der Waals surface area (Å²) < 4.78 is 0. The highest BCUT2D eigenvalue weighted by Crippen LogP contribution is 2.24. The lowest BCUT2D eigenvalue weighted by atomic mass is 10.1. The van der Waals surface area contributed by atoms with Gasteiger partial charge in [-0.15, -0.1) is 0 Å². The topological polar surface area (TPSA) is 30.0 Å². The standard InChI is InChI=1S/C11H8ClNO/c1-7(14)8-4-5-10(12)11-9(8)3-2-6-13-11/h2-6H,1H3. The average Bonchev–Trinajstić information content (AvgIpc) is 2.18. The van der Waals surface area contributed by atoms with Crippen molar-refractivity contribution in [3.63, 3.8) is 0 Å². The fourth-order valence-electron chi connectivity index (χ4n) is 1.45. The number of hydrogen-bond acceptors (Lipinski definition) is 2. The molecule has 0 bridgehead atoms. The Bertz CT molecular complexity index is 508. The van der Waals surface area contributed by atoms with Crippen LogP contribution in [0.25, 0.3) is 10.9 Å². The molecule has 2 rings (SSSR count). The van der Waals surface area contributed by atoms with Gasteiger partial charge in [-0.05, 0) is 25.1 Å². The third-order valence-electron chi connectivity index (χ3n) is 2.10. The van der Waals surface area contributed by atoms with Crippen molar-refractivity contribution in [2.75, 3.05) is 0 Å². The number of Topliss-reactive ketones (excluding diaryl/α,β-unsaturated/α-hetero) is 1. The fourth-order valence-corrected chi connectivity index (χ4v) is 1.66. The molecule has 14 heavy (non-hydrogen) atoms. The quantitative estimate of drug-likeness (QED) is 0.670. The summed E-state index contributed by atoms with van der Waals surface area (Å²) in [6.45, 7) is 1.54. The summed E-state index contributed by atoms with van der Waals surface area (Å²) in [6, 6.07) is 7.08. The lowest BCUT2D eigenvalue weighted by molar-refractivity contribution is 0.101. The zero-order chi connectivity index (χ0) is 10.1. The largest absolute Gasteiger partial charge is 0.294 e. The van der Waals surface area contributed by atoms with Crippen LogP contribution in [0.15, 0.2) is 30.5 Å². The molecule has 0 saturated carbocycles. The van der Waals surface area contributed by atoms with Crippen LogP contribution >= 0.6 is 11.6 Å². The van der Waals surface area contributed by atoms with Gasteiger partial charge in [0.05, 0.1) is 10.5 Å². The van der Waals surface area contributed by atoms with E-state index >= 15 is 0 Å². The highest BCUT2D eigenvalue weighted by molar-refractivity contribution is 6.35.